The van der Waals surface area contributed by atoms with Gasteiger partial charge in [0.15, 0.2) is 5.60 Å². The van der Waals surface area contributed by atoms with Crippen molar-refractivity contribution in [2.24, 2.45) is 0 Å². The lowest BCUT2D eigenvalue weighted by Gasteiger charge is -2.35. The monoisotopic (exact) mass is 437 g/mol. The highest BCUT2D eigenvalue weighted by Gasteiger charge is 2.64. The Balaban J connectivity index is 1.69. The number of anilines is 1. The highest BCUT2D eigenvalue weighted by atomic mass is 16.7. The van der Waals surface area contributed by atoms with E-state index in [0.717, 1.165) is 19.2 Å². The van der Waals surface area contributed by atoms with E-state index in [9.17, 15) is 30.0 Å². The largest absolute Gasteiger partial charge is 0.497 e. The van der Waals surface area contributed by atoms with Crippen LogP contribution in [0.5, 0.6) is 5.75 Å². The fourth-order valence-corrected chi connectivity index (χ4v) is 3.10. The molecule has 12 heteroatoms. The minimum atomic E-state index is -2.70. The molecular formula is C19H23N3O9. The maximum absolute atomic E-state index is 12.4. The van der Waals surface area contributed by atoms with Crippen molar-refractivity contribution in [1.29, 1.82) is 0 Å². The van der Waals surface area contributed by atoms with Gasteiger partial charge < -0.3 is 34.6 Å². The van der Waals surface area contributed by atoms with Crippen molar-refractivity contribution in [2.75, 3.05) is 19.0 Å². The number of benzene rings is 1. The molecule has 0 radical (unpaired) electrons. The van der Waals surface area contributed by atoms with Crippen LogP contribution in [-0.2, 0) is 22.0 Å². The van der Waals surface area contributed by atoms with Gasteiger partial charge in [0, 0.05) is 6.20 Å². The van der Waals surface area contributed by atoms with E-state index in [1.807, 2.05) is 0 Å². The third-order valence-corrected chi connectivity index (χ3v) is 4.97. The average molecular weight is 437 g/mol. The first kappa shape index (κ1) is 22.7. The van der Waals surface area contributed by atoms with E-state index in [1.165, 1.54) is 7.11 Å². The molecule has 5 N–H and O–H groups in total. The van der Waals surface area contributed by atoms with E-state index in [2.05, 4.69) is 10.3 Å². The van der Waals surface area contributed by atoms with Crippen molar-refractivity contribution < 1.29 is 39.4 Å². The lowest BCUT2D eigenvalue weighted by molar-refractivity contribution is -0.321. The van der Waals surface area contributed by atoms with Crippen LogP contribution in [0, 0.1) is 0 Å². The molecule has 0 saturated carbocycles. The standard InChI is InChI=1S/C19H23N3O9/c1-18(27)15(24)13(9-23)31-19(18,28)22-8-7-14(20-16(22)25)21-17(26)30-10-11-3-5-12(29-2)6-4-11/h3-8,13,15,23-24,27-28H,9-10H2,1-2H3,(H,20,21,25,26)/t13-,15-,18-,19-/m1/s1. The van der Waals surface area contributed by atoms with Gasteiger partial charge in [0.25, 0.3) is 5.91 Å². The van der Waals surface area contributed by atoms with Crippen LogP contribution in [0.4, 0.5) is 10.6 Å². The topological polar surface area (TPSA) is 173 Å². The van der Waals surface area contributed by atoms with Crippen molar-refractivity contribution in [3.63, 3.8) is 0 Å². The molecule has 1 aromatic carbocycles. The molecule has 1 amide bonds. The molecule has 3 rings (SSSR count). The fourth-order valence-electron chi connectivity index (χ4n) is 3.10. The minimum absolute atomic E-state index is 0.0379. The van der Waals surface area contributed by atoms with Gasteiger partial charge in [-0.3, -0.25) is 5.32 Å². The third kappa shape index (κ3) is 4.24. The second-order valence-electron chi connectivity index (χ2n) is 7.05. The minimum Gasteiger partial charge on any atom is -0.497 e. The second-order valence-corrected chi connectivity index (χ2v) is 7.05. The Morgan fingerprint density at radius 3 is 2.52 bits per heavy atom. The molecule has 1 aliphatic heterocycles. The molecule has 4 atom stereocenters. The molecule has 1 fully saturated rings. The van der Waals surface area contributed by atoms with Gasteiger partial charge in [0.05, 0.1) is 13.7 Å². The number of nitrogens with one attached hydrogen (secondary N) is 1. The normalized spacial score (nSPS) is 27.7. The highest BCUT2D eigenvalue weighted by Crippen LogP contribution is 2.40. The van der Waals surface area contributed by atoms with Crippen LogP contribution < -0.4 is 15.7 Å². The van der Waals surface area contributed by atoms with Gasteiger partial charge in [-0.05, 0) is 30.7 Å². The van der Waals surface area contributed by atoms with E-state index in [4.69, 9.17) is 14.2 Å². The van der Waals surface area contributed by atoms with E-state index in [-0.39, 0.29) is 12.4 Å². The quantitative estimate of drug-likeness (QED) is 0.381. The lowest BCUT2D eigenvalue weighted by atomic mass is 9.94. The van der Waals surface area contributed by atoms with Crippen molar-refractivity contribution in [2.45, 2.75) is 37.3 Å². The maximum atomic E-state index is 12.4. The number of aromatic nitrogens is 2. The Morgan fingerprint density at radius 2 is 1.97 bits per heavy atom. The number of hydrogen-bond acceptors (Lipinski definition) is 10. The number of ether oxygens (including phenoxy) is 3. The number of nitrogens with zero attached hydrogens (tertiary/aromatic N) is 2. The van der Waals surface area contributed by atoms with Crippen LogP contribution in [0.2, 0.25) is 0 Å². The highest BCUT2D eigenvalue weighted by molar-refractivity contribution is 5.83. The Bertz CT molecular complexity index is 992. The fraction of sp³-hybridized carbons (Fsp3) is 0.421. The van der Waals surface area contributed by atoms with Gasteiger partial charge in [-0.15, -0.1) is 0 Å². The number of amides is 1. The predicted octanol–water partition coefficient (Wildman–Crippen LogP) is -0.894. The number of carbonyl (C=O) groups is 1. The van der Waals surface area contributed by atoms with Crippen molar-refractivity contribution >= 4 is 11.9 Å². The summed E-state index contributed by atoms with van der Waals surface area (Å²) in [6, 6.07) is 8.01. The van der Waals surface area contributed by atoms with Crippen molar-refractivity contribution in [3.05, 3.63) is 52.6 Å². The number of methoxy groups -OCH3 is 1. The molecule has 2 heterocycles. The van der Waals surface area contributed by atoms with Crippen LogP contribution in [0.25, 0.3) is 0 Å². The van der Waals surface area contributed by atoms with Crippen LogP contribution in [0.15, 0.2) is 41.3 Å². The molecule has 0 unspecified atom stereocenters. The molecule has 0 aliphatic carbocycles. The summed E-state index contributed by atoms with van der Waals surface area (Å²) in [5.74, 6) is -2.22. The van der Waals surface area contributed by atoms with Gasteiger partial charge in [-0.1, -0.05) is 12.1 Å². The van der Waals surface area contributed by atoms with E-state index in [1.54, 1.807) is 24.3 Å². The number of rotatable bonds is 6. The molecule has 1 aromatic heterocycles. The summed E-state index contributed by atoms with van der Waals surface area (Å²) in [6.07, 6.45) is -2.88. The average Bonchev–Trinajstić information content (AvgIpc) is 2.92. The van der Waals surface area contributed by atoms with Gasteiger partial charge >= 0.3 is 11.8 Å². The lowest BCUT2D eigenvalue weighted by Crippen LogP contribution is -2.58. The molecule has 0 spiro atoms. The number of hydrogen-bond donors (Lipinski definition) is 5. The maximum Gasteiger partial charge on any atom is 0.413 e. The molecular weight excluding hydrogens is 414 g/mol. The summed E-state index contributed by atoms with van der Waals surface area (Å²) in [6.45, 7) is 0.299. The number of carbonyl (C=O) groups excluding carboxylic acids is 1. The zero-order chi connectivity index (χ0) is 22.8. The predicted molar refractivity (Wildman–Crippen MR) is 104 cm³/mol. The molecule has 0 bridgehead atoms. The summed E-state index contributed by atoms with van der Waals surface area (Å²) in [5, 5.41) is 42.7. The summed E-state index contributed by atoms with van der Waals surface area (Å²) in [7, 11) is 1.53. The molecule has 12 nitrogen and oxygen atoms in total. The molecule has 168 valence electrons. The molecule has 1 saturated heterocycles. The Kier molecular flexibility index (Phi) is 6.29. The molecule has 31 heavy (non-hydrogen) atoms. The van der Waals surface area contributed by atoms with Gasteiger partial charge in [-0.2, -0.15) is 4.98 Å². The number of aliphatic hydroxyl groups excluding tert-OH is 2. The van der Waals surface area contributed by atoms with Gasteiger partial charge in [-0.25, -0.2) is 14.2 Å². The van der Waals surface area contributed by atoms with Crippen molar-refractivity contribution in [1.82, 2.24) is 9.55 Å². The zero-order valence-electron chi connectivity index (χ0n) is 16.8. The zero-order valence-corrected chi connectivity index (χ0v) is 16.8. The van der Waals surface area contributed by atoms with Crippen LogP contribution in [0.1, 0.15) is 12.5 Å². The first-order valence-corrected chi connectivity index (χ1v) is 9.20. The Hall–Kier alpha value is -3.03. The first-order chi connectivity index (χ1) is 14.6. The smallest absolute Gasteiger partial charge is 0.413 e. The summed E-state index contributed by atoms with van der Waals surface area (Å²) in [4.78, 5) is 28.0. The Labute approximate surface area is 176 Å². The molecule has 2 aromatic rings. The number of aliphatic hydroxyl groups is 4. The van der Waals surface area contributed by atoms with E-state index in [0.29, 0.717) is 15.9 Å². The molecule has 1 aliphatic rings. The van der Waals surface area contributed by atoms with Crippen LogP contribution in [0.3, 0.4) is 0 Å². The van der Waals surface area contributed by atoms with Gasteiger partial charge in [0.2, 0.25) is 0 Å². The first-order valence-electron chi connectivity index (χ1n) is 9.20. The summed E-state index contributed by atoms with van der Waals surface area (Å²) < 4.78 is 15.8. The Morgan fingerprint density at radius 1 is 1.29 bits per heavy atom. The van der Waals surface area contributed by atoms with Gasteiger partial charge in [0.1, 0.15) is 30.4 Å². The SMILES string of the molecule is COc1ccc(COC(=O)Nc2ccn([C@]3(O)O[C@H](CO)[C@@H](O)[C@@]3(C)O)c(=O)n2)cc1. The second kappa shape index (κ2) is 8.61. The van der Waals surface area contributed by atoms with Crippen LogP contribution in [-0.4, -0.2) is 67.6 Å². The van der Waals surface area contributed by atoms with Crippen LogP contribution >= 0.6 is 0 Å². The van der Waals surface area contributed by atoms with Crippen molar-refractivity contribution in [3.8, 4) is 5.75 Å². The van der Waals surface area contributed by atoms with E-state index < -0.39 is 42.1 Å². The summed E-state index contributed by atoms with van der Waals surface area (Å²) in [5.41, 5.74) is -2.72. The van der Waals surface area contributed by atoms with E-state index >= 15 is 0 Å². The third-order valence-electron chi connectivity index (χ3n) is 4.97. The summed E-state index contributed by atoms with van der Waals surface area (Å²) >= 11 is 0.